The van der Waals surface area contributed by atoms with E-state index >= 15 is 0 Å². The molecular formula is C39H48Cl2N4O3. The minimum atomic E-state index is -0.640. The third-order valence-corrected chi connectivity index (χ3v) is 9.74. The van der Waals surface area contributed by atoms with Gasteiger partial charge in [-0.3, -0.25) is 4.68 Å². The summed E-state index contributed by atoms with van der Waals surface area (Å²) < 4.78 is 16.6. The maximum Gasteiger partial charge on any atom is 0.355 e. The summed E-state index contributed by atoms with van der Waals surface area (Å²) in [5.41, 5.74) is 5.85. The molecule has 1 aliphatic rings. The highest BCUT2D eigenvalue weighted by atomic mass is 35.5. The van der Waals surface area contributed by atoms with E-state index in [1.165, 1.54) is 0 Å². The lowest BCUT2D eigenvalue weighted by atomic mass is 9.94. The van der Waals surface area contributed by atoms with Gasteiger partial charge in [0, 0.05) is 41.2 Å². The van der Waals surface area contributed by atoms with Crippen LogP contribution in [0.2, 0.25) is 5.02 Å². The monoisotopic (exact) mass is 690 g/mol. The zero-order valence-corrected chi connectivity index (χ0v) is 30.6. The van der Waals surface area contributed by atoms with E-state index in [-0.39, 0.29) is 18.4 Å². The number of nitrogens with zero attached hydrogens (tertiary/aromatic N) is 3. The van der Waals surface area contributed by atoms with E-state index in [0.29, 0.717) is 36.2 Å². The summed E-state index contributed by atoms with van der Waals surface area (Å²) in [4.78, 5) is 14.3. The van der Waals surface area contributed by atoms with Gasteiger partial charge in [0.05, 0.1) is 22.8 Å². The summed E-state index contributed by atoms with van der Waals surface area (Å²) in [5, 5.41) is 12.2. The first-order chi connectivity index (χ1) is 22.5. The number of carbonyl (C=O) groups excluding carboxylic acids is 1. The van der Waals surface area contributed by atoms with Crippen LogP contribution in [0.3, 0.4) is 0 Å². The molecule has 0 radical (unpaired) electrons. The standard InChI is InChI=1S/C39H47ClN4O3.ClH/c1-25-34(26(2)43(6)42-25)35-32(40)17-16-31-30(14-10-24-46-33-15-9-12-28-11-7-8-13-29(28)33)37(38(45)47-39(3,4)5)44(36(31)35)23-20-27-18-21-41-22-19-27;/h7-9,11-13,15-17,27,41H,10,14,18-24H2,1-6H3;1H. The van der Waals surface area contributed by atoms with Gasteiger partial charge in [0.15, 0.2) is 0 Å². The lowest BCUT2D eigenvalue weighted by molar-refractivity contribution is 0.00563. The van der Waals surface area contributed by atoms with Crippen molar-refractivity contribution in [3.05, 3.63) is 82.3 Å². The van der Waals surface area contributed by atoms with Crippen LogP contribution >= 0.6 is 24.0 Å². The van der Waals surface area contributed by atoms with Crippen molar-refractivity contribution in [3.63, 3.8) is 0 Å². The second kappa shape index (κ2) is 14.9. The van der Waals surface area contributed by atoms with Crippen molar-refractivity contribution < 1.29 is 14.3 Å². The first-order valence-electron chi connectivity index (χ1n) is 16.9. The highest BCUT2D eigenvalue weighted by Crippen LogP contribution is 2.43. The van der Waals surface area contributed by atoms with Gasteiger partial charge in [-0.25, -0.2) is 4.79 Å². The maximum atomic E-state index is 14.3. The van der Waals surface area contributed by atoms with Crippen molar-refractivity contribution in [2.45, 2.75) is 78.9 Å². The van der Waals surface area contributed by atoms with Crippen molar-refractivity contribution in [1.29, 1.82) is 0 Å². The number of nitrogens with one attached hydrogen (secondary N) is 1. The topological polar surface area (TPSA) is 70.3 Å². The van der Waals surface area contributed by atoms with E-state index in [2.05, 4.69) is 41.1 Å². The molecule has 0 amide bonds. The molecule has 2 aromatic heterocycles. The molecule has 0 saturated carbocycles. The quantitative estimate of drug-likeness (QED) is 0.117. The minimum absolute atomic E-state index is 0. The molecule has 48 heavy (non-hydrogen) atoms. The Labute approximate surface area is 295 Å². The first-order valence-corrected chi connectivity index (χ1v) is 17.3. The van der Waals surface area contributed by atoms with E-state index in [9.17, 15) is 4.79 Å². The molecule has 1 aliphatic heterocycles. The summed E-state index contributed by atoms with van der Waals surface area (Å²) in [6.07, 6.45) is 4.63. The number of rotatable bonds is 10. The van der Waals surface area contributed by atoms with Crippen LogP contribution in [0.5, 0.6) is 5.75 Å². The predicted molar refractivity (Wildman–Crippen MR) is 199 cm³/mol. The van der Waals surface area contributed by atoms with E-state index in [1.54, 1.807) is 0 Å². The summed E-state index contributed by atoms with van der Waals surface area (Å²) in [5.74, 6) is 1.16. The zero-order valence-electron chi connectivity index (χ0n) is 29.0. The number of benzene rings is 3. The fourth-order valence-electron chi connectivity index (χ4n) is 7.14. The molecule has 0 aliphatic carbocycles. The fourth-order valence-corrected chi connectivity index (χ4v) is 7.38. The van der Waals surface area contributed by atoms with Gasteiger partial charge in [-0.05, 0) is 109 Å². The Morgan fingerprint density at radius 3 is 2.44 bits per heavy atom. The summed E-state index contributed by atoms with van der Waals surface area (Å²) >= 11 is 7.11. The number of carbonyl (C=O) groups is 1. The second-order valence-electron chi connectivity index (χ2n) is 13.9. The Hall–Kier alpha value is -3.52. The minimum Gasteiger partial charge on any atom is -0.493 e. The Balaban J connectivity index is 0.00000451. The van der Waals surface area contributed by atoms with Crippen molar-refractivity contribution in [3.8, 4) is 16.9 Å². The number of ether oxygens (including phenoxy) is 2. The van der Waals surface area contributed by atoms with E-state index in [0.717, 1.165) is 94.3 Å². The molecule has 3 heterocycles. The molecular weight excluding hydrogens is 643 g/mol. The zero-order chi connectivity index (χ0) is 33.3. The van der Waals surface area contributed by atoms with Gasteiger partial charge in [0.1, 0.15) is 17.0 Å². The average molecular weight is 692 g/mol. The van der Waals surface area contributed by atoms with E-state index < -0.39 is 5.60 Å². The maximum absolute atomic E-state index is 14.3. The highest BCUT2D eigenvalue weighted by molar-refractivity contribution is 6.35. The molecule has 5 aromatic rings. The number of fused-ring (bicyclic) bond motifs is 2. The van der Waals surface area contributed by atoms with Crippen molar-refractivity contribution in [2.75, 3.05) is 19.7 Å². The van der Waals surface area contributed by atoms with Crippen molar-refractivity contribution in [2.24, 2.45) is 13.0 Å². The normalized spacial score (nSPS) is 14.0. The molecule has 0 spiro atoms. The lowest BCUT2D eigenvalue weighted by Crippen LogP contribution is -2.29. The van der Waals surface area contributed by atoms with Gasteiger partial charge < -0.3 is 19.4 Å². The summed E-state index contributed by atoms with van der Waals surface area (Å²) in [6.45, 7) is 13.2. The van der Waals surface area contributed by atoms with Gasteiger partial charge >= 0.3 is 5.97 Å². The molecule has 0 bridgehead atoms. The van der Waals surface area contributed by atoms with Crippen molar-refractivity contribution in [1.82, 2.24) is 19.7 Å². The average Bonchev–Trinajstić information content (AvgIpc) is 3.49. The largest absolute Gasteiger partial charge is 0.493 e. The fraction of sp³-hybridized carbons (Fsp3) is 0.436. The van der Waals surface area contributed by atoms with Gasteiger partial charge in [-0.2, -0.15) is 5.10 Å². The molecule has 9 heteroatoms. The first kappa shape index (κ1) is 35.8. The molecule has 7 nitrogen and oxygen atoms in total. The van der Waals surface area contributed by atoms with Crippen LogP contribution in [0.25, 0.3) is 32.8 Å². The van der Waals surface area contributed by atoms with E-state index in [4.69, 9.17) is 26.2 Å². The summed E-state index contributed by atoms with van der Waals surface area (Å²) in [6, 6.07) is 18.5. The third-order valence-electron chi connectivity index (χ3n) is 9.43. The van der Waals surface area contributed by atoms with Crippen molar-refractivity contribution >= 4 is 51.7 Å². The Bertz CT molecular complexity index is 1910. The molecule has 6 rings (SSSR count). The van der Waals surface area contributed by atoms with Gasteiger partial charge in [-0.1, -0.05) is 54.1 Å². The SMILES string of the molecule is Cc1nn(C)c(C)c1-c1c(Cl)ccc2c(CCCOc3cccc4ccccc34)c(C(=O)OC(C)(C)C)n(CCC3CCNCC3)c12.Cl. The molecule has 256 valence electrons. The van der Waals surface area contributed by atoms with Crippen LogP contribution in [-0.4, -0.2) is 45.6 Å². The van der Waals surface area contributed by atoms with Crippen LogP contribution in [0.1, 0.15) is 73.9 Å². The lowest BCUT2D eigenvalue weighted by Gasteiger charge is -2.24. The summed E-state index contributed by atoms with van der Waals surface area (Å²) in [7, 11) is 1.96. The van der Waals surface area contributed by atoms with Gasteiger partial charge in [0.2, 0.25) is 0 Å². The van der Waals surface area contributed by atoms with E-state index in [1.807, 2.05) is 69.8 Å². The van der Waals surface area contributed by atoms with Crippen LogP contribution in [0.4, 0.5) is 0 Å². The number of hydrogen-bond donors (Lipinski definition) is 1. The second-order valence-corrected chi connectivity index (χ2v) is 14.3. The molecule has 3 aromatic carbocycles. The Kier molecular flexibility index (Phi) is 11.1. The number of aromatic nitrogens is 3. The molecule has 1 fully saturated rings. The predicted octanol–water partition coefficient (Wildman–Crippen LogP) is 9.24. The van der Waals surface area contributed by atoms with Gasteiger partial charge in [-0.15, -0.1) is 12.4 Å². The molecule has 0 unspecified atom stereocenters. The highest BCUT2D eigenvalue weighted by Gasteiger charge is 2.31. The Morgan fingerprint density at radius 2 is 1.73 bits per heavy atom. The number of hydrogen-bond acceptors (Lipinski definition) is 5. The number of piperidine rings is 1. The van der Waals surface area contributed by atoms with Crippen LogP contribution in [0, 0.1) is 19.8 Å². The number of aryl methyl sites for hydroxylation is 4. The van der Waals surface area contributed by atoms with Gasteiger partial charge in [0.25, 0.3) is 0 Å². The van der Waals surface area contributed by atoms with Crippen LogP contribution < -0.4 is 10.1 Å². The third kappa shape index (κ3) is 7.39. The van der Waals surface area contributed by atoms with Crippen LogP contribution in [-0.2, 0) is 24.8 Å². The smallest absolute Gasteiger partial charge is 0.355 e. The molecule has 1 saturated heterocycles. The van der Waals surface area contributed by atoms with Crippen LogP contribution in [0.15, 0.2) is 54.6 Å². The number of halogens is 2. The molecule has 0 atom stereocenters. The molecule has 1 N–H and O–H groups in total. The Morgan fingerprint density at radius 1 is 1.00 bits per heavy atom. The number of esters is 1.